The minimum absolute atomic E-state index is 0.0464. The van der Waals surface area contributed by atoms with Crippen molar-refractivity contribution in [1.82, 2.24) is 5.32 Å². The van der Waals surface area contributed by atoms with E-state index in [0.717, 1.165) is 19.3 Å². The van der Waals surface area contributed by atoms with E-state index in [1.54, 1.807) is 6.07 Å². The van der Waals surface area contributed by atoms with Gasteiger partial charge in [0.1, 0.15) is 5.75 Å². The summed E-state index contributed by atoms with van der Waals surface area (Å²) < 4.78 is 5.84. The van der Waals surface area contributed by atoms with E-state index in [0.29, 0.717) is 31.1 Å². The Morgan fingerprint density at radius 3 is 2.68 bits per heavy atom. The molecule has 1 amide bonds. The summed E-state index contributed by atoms with van der Waals surface area (Å²) in [7, 11) is 0. The number of ether oxygens (including phenoxy) is 1. The summed E-state index contributed by atoms with van der Waals surface area (Å²) in [6, 6.07) is 4.75. The highest BCUT2D eigenvalue weighted by molar-refractivity contribution is 5.76. The first-order chi connectivity index (χ1) is 13.4. The second kappa shape index (κ2) is 11.0. The number of benzene rings is 1. The van der Waals surface area contributed by atoms with E-state index in [1.807, 2.05) is 13.8 Å². The van der Waals surface area contributed by atoms with Gasteiger partial charge in [0.25, 0.3) is 5.69 Å². The number of carbonyl (C=O) groups is 1. The van der Waals surface area contributed by atoms with Crippen LogP contribution >= 0.6 is 0 Å². The molecule has 1 saturated carbocycles. The molecule has 0 saturated heterocycles. The van der Waals surface area contributed by atoms with Gasteiger partial charge in [-0.25, -0.2) is 0 Å². The van der Waals surface area contributed by atoms with Gasteiger partial charge in [-0.05, 0) is 44.7 Å². The maximum Gasteiger partial charge on any atom is 0.275 e. The van der Waals surface area contributed by atoms with Crippen molar-refractivity contribution in [2.75, 3.05) is 0 Å². The Hall–Kier alpha value is -2.15. The summed E-state index contributed by atoms with van der Waals surface area (Å²) in [4.78, 5) is 22.9. The Bertz CT molecular complexity index is 658. The third kappa shape index (κ3) is 6.78. The van der Waals surface area contributed by atoms with E-state index in [4.69, 9.17) is 4.74 Å². The Balaban J connectivity index is 1.89. The van der Waals surface area contributed by atoms with Crippen molar-refractivity contribution in [2.45, 2.75) is 89.9 Å². The van der Waals surface area contributed by atoms with Crippen LogP contribution in [0.1, 0.15) is 83.3 Å². The molecule has 1 aliphatic rings. The Labute approximate surface area is 166 Å². The number of aliphatic hydroxyl groups excluding tert-OH is 1. The molecule has 0 aliphatic heterocycles. The van der Waals surface area contributed by atoms with E-state index in [2.05, 4.69) is 5.32 Å². The fraction of sp³-hybridized carbons (Fsp3) is 0.667. The van der Waals surface area contributed by atoms with Crippen molar-refractivity contribution >= 4 is 11.6 Å². The third-order valence-corrected chi connectivity index (χ3v) is 5.20. The molecule has 28 heavy (non-hydrogen) atoms. The van der Waals surface area contributed by atoms with Crippen LogP contribution in [0, 0.1) is 10.1 Å². The van der Waals surface area contributed by atoms with Gasteiger partial charge >= 0.3 is 0 Å². The predicted octanol–water partition coefficient (Wildman–Crippen LogP) is 4.42. The molecule has 0 bridgehead atoms. The predicted molar refractivity (Wildman–Crippen MR) is 107 cm³/mol. The van der Waals surface area contributed by atoms with E-state index < -0.39 is 11.0 Å². The lowest BCUT2D eigenvalue weighted by molar-refractivity contribution is -0.386. The van der Waals surface area contributed by atoms with Gasteiger partial charge in [-0.15, -0.1) is 0 Å². The Morgan fingerprint density at radius 2 is 2.04 bits per heavy atom. The van der Waals surface area contributed by atoms with Crippen molar-refractivity contribution in [3.05, 3.63) is 33.9 Å². The maximum absolute atomic E-state index is 12.1. The molecule has 0 spiro atoms. The fourth-order valence-corrected chi connectivity index (χ4v) is 3.64. The van der Waals surface area contributed by atoms with E-state index in [9.17, 15) is 20.0 Å². The number of aliphatic hydroxyl groups is 1. The van der Waals surface area contributed by atoms with Gasteiger partial charge in [0, 0.05) is 18.5 Å². The molecule has 0 radical (unpaired) electrons. The van der Waals surface area contributed by atoms with Crippen molar-refractivity contribution in [3.63, 3.8) is 0 Å². The Kier molecular flexibility index (Phi) is 8.70. The summed E-state index contributed by atoms with van der Waals surface area (Å²) in [5.74, 6) is 0.515. The van der Waals surface area contributed by atoms with E-state index in [1.165, 1.54) is 31.4 Å². The smallest absolute Gasteiger partial charge is 0.275 e. The van der Waals surface area contributed by atoms with Gasteiger partial charge in [-0.2, -0.15) is 0 Å². The number of rotatable bonds is 10. The lowest BCUT2D eigenvalue weighted by Gasteiger charge is -2.23. The summed E-state index contributed by atoms with van der Waals surface area (Å²) in [5, 5.41) is 24.5. The molecule has 1 aliphatic carbocycles. The Morgan fingerprint density at radius 1 is 1.32 bits per heavy atom. The third-order valence-electron chi connectivity index (χ3n) is 5.20. The molecule has 2 rings (SSSR count). The van der Waals surface area contributed by atoms with Crippen LogP contribution in [0.5, 0.6) is 5.75 Å². The maximum atomic E-state index is 12.1. The number of carbonyl (C=O) groups excluding carboxylic acids is 1. The molecule has 0 aromatic heterocycles. The number of nitrogens with one attached hydrogen (secondary N) is 1. The van der Waals surface area contributed by atoms with Crippen molar-refractivity contribution in [2.24, 2.45) is 0 Å². The average Bonchev–Trinajstić information content (AvgIpc) is 2.67. The summed E-state index contributed by atoms with van der Waals surface area (Å²) in [6.45, 7) is 3.79. The number of hydrogen-bond acceptors (Lipinski definition) is 5. The van der Waals surface area contributed by atoms with E-state index in [-0.39, 0.29) is 23.3 Å². The SMILES string of the molecule is CCCC(O)c1cc(OC(C)CCC(=O)NC2CCCCC2)ccc1[N+](=O)[O-]. The van der Waals surface area contributed by atoms with Gasteiger partial charge < -0.3 is 15.2 Å². The van der Waals surface area contributed by atoms with Crippen LogP contribution in [0.25, 0.3) is 0 Å². The summed E-state index contributed by atoms with van der Waals surface area (Å²) in [5.41, 5.74) is 0.166. The zero-order valence-electron chi connectivity index (χ0n) is 16.9. The second-order valence-electron chi connectivity index (χ2n) is 7.65. The highest BCUT2D eigenvalue weighted by Crippen LogP contribution is 2.32. The average molecular weight is 392 g/mol. The lowest BCUT2D eigenvalue weighted by atomic mass is 9.95. The van der Waals surface area contributed by atoms with Crippen LogP contribution in [0.3, 0.4) is 0 Å². The standard InChI is InChI=1S/C21H32N2O5/c1-3-7-20(24)18-14-17(11-12-19(18)23(26)27)28-15(2)10-13-21(25)22-16-8-5-4-6-9-16/h11-12,14-16,20,24H,3-10,13H2,1-2H3,(H,22,25). The van der Waals surface area contributed by atoms with Gasteiger partial charge in [0.05, 0.1) is 22.7 Å². The molecule has 156 valence electrons. The molecule has 2 N–H and O–H groups in total. The van der Waals surface area contributed by atoms with Crippen molar-refractivity contribution in [3.8, 4) is 5.75 Å². The molecule has 0 heterocycles. The molecule has 1 aromatic carbocycles. The van der Waals surface area contributed by atoms with Gasteiger partial charge in [-0.1, -0.05) is 32.6 Å². The summed E-state index contributed by atoms with van der Waals surface area (Å²) in [6.07, 6.45) is 6.72. The highest BCUT2D eigenvalue weighted by Gasteiger charge is 2.22. The summed E-state index contributed by atoms with van der Waals surface area (Å²) >= 11 is 0. The lowest BCUT2D eigenvalue weighted by Crippen LogP contribution is -2.36. The first-order valence-corrected chi connectivity index (χ1v) is 10.3. The fourth-order valence-electron chi connectivity index (χ4n) is 3.64. The zero-order chi connectivity index (χ0) is 20.5. The normalized spacial score (nSPS) is 17.0. The minimum atomic E-state index is -0.898. The number of nitro groups is 1. The van der Waals surface area contributed by atoms with Crippen LogP contribution in [0.2, 0.25) is 0 Å². The van der Waals surface area contributed by atoms with Crippen LogP contribution in [-0.2, 0) is 4.79 Å². The zero-order valence-corrected chi connectivity index (χ0v) is 16.9. The first kappa shape index (κ1) is 22.1. The second-order valence-corrected chi connectivity index (χ2v) is 7.65. The highest BCUT2D eigenvalue weighted by atomic mass is 16.6. The molecule has 7 heteroatoms. The minimum Gasteiger partial charge on any atom is -0.491 e. The molecule has 2 unspecified atom stereocenters. The first-order valence-electron chi connectivity index (χ1n) is 10.3. The van der Waals surface area contributed by atoms with Gasteiger partial charge in [-0.3, -0.25) is 14.9 Å². The molecular weight excluding hydrogens is 360 g/mol. The topological polar surface area (TPSA) is 102 Å². The van der Waals surface area contributed by atoms with Crippen molar-refractivity contribution < 1.29 is 19.6 Å². The van der Waals surface area contributed by atoms with Crippen LogP contribution in [0.4, 0.5) is 5.69 Å². The number of amides is 1. The van der Waals surface area contributed by atoms with Crippen LogP contribution < -0.4 is 10.1 Å². The molecule has 2 atom stereocenters. The van der Waals surface area contributed by atoms with Crippen LogP contribution in [-0.4, -0.2) is 28.1 Å². The van der Waals surface area contributed by atoms with Crippen LogP contribution in [0.15, 0.2) is 18.2 Å². The van der Waals surface area contributed by atoms with Gasteiger partial charge in [0.15, 0.2) is 0 Å². The monoisotopic (exact) mass is 392 g/mol. The number of hydrogen-bond donors (Lipinski definition) is 2. The quantitative estimate of drug-likeness (QED) is 0.453. The largest absolute Gasteiger partial charge is 0.491 e. The number of nitro benzene ring substituents is 1. The molecule has 7 nitrogen and oxygen atoms in total. The van der Waals surface area contributed by atoms with Crippen molar-refractivity contribution in [1.29, 1.82) is 0 Å². The molecule has 1 fully saturated rings. The van der Waals surface area contributed by atoms with Gasteiger partial charge in [0.2, 0.25) is 5.91 Å². The van der Waals surface area contributed by atoms with E-state index >= 15 is 0 Å². The molecular formula is C21H32N2O5. The molecule has 1 aromatic rings. The number of nitrogens with zero attached hydrogens (tertiary/aromatic N) is 1.